The Morgan fingerprint density at radius 3 is 2.83 bits per heavy atom. The first-order valence-electron chi connectivity index (χ1n) is 9.79. The van der Waals surface area contributed by atoms with Crippen molar-refractivity contribution in [3.05, 3.63) is 75.6 Å². The van der Waals surface area contributed by atoms with Gasteiger partial charge in [-0.1, -0.05) is 30.3 Å². The van der Waals surface area contributed by atoms with E-state index < -0.39 is 0 Å². The standard InChI is InChI=1S/C23H23N3O3/c1-15-6-7-17-13-18(23(29)25-19(17)12-15)8-9-21(27)24-14-22(28)26-11-10-16-4-2-3-5-20(16)26/h2-7,12-13H,8-11,14H2,1H3,(H,24,27)(H,25,29). The van der Waals surface area contributed by atoms with Crippen molar-refractivity contribution in [1.82, 2.24) is 10.3 Å². The Balaban J connectivity index is 1.33. The Labute approximate surface area is 168 Å². The van der Waals surface area contributed by atoms with Gasteiger partial charge in [-0.25, -0.2) is 0 Å². The number of carbonyl (C=O) groups excluding carboxylic acids is 2. The van der Waals surface area contributed by atoms with Crippen molar-refractivity contribution in [2.24, 2.45) is 0 Å². The van der Waals surface area contributed by atoms with Crippen molar-refractivity contribution >= 4 is 28.4 Å². The Morgan fingerprint density at radius 1 is 1.14 bits per heavy atom. The van der Waals surface area contributed by atoms with E-state index in [0.717, 1.165) is 34.1 Å². The van der Waals surface area contributed by atoms with Crippen LogP contribution in [0.4, 0.5) is 5.69 Å². The average molecular weight is 389 g/mol. The van der Waals surface area contributed by atoms with E-state index in [9.17, 15) is 14.4 Å². The monoisotopic (exact) mass is 389 g/mol. The minimum absolute atomic E-state index is 0.0411. The lowest BCUT2D eigenvalue weighted by Gasteiger charge is -2.17. The van der Waals surface area contributed by atoms with E-state index in [1.807, 2.05) is 55.5 Å². The quantitative estimate of drug-likeness (QED) is 0.703. The van der Waals surface area contributed by atoms with E-state index in [-0.39, 0.29) is 30.3 Å². The summed E-state index contributed by atoms with van der Waals surface area (Å²) in [6, 6.07) is 15.5. The van der Waals surface area contributed by atoms with Gasteiger partial charge in [-0.3, -0.25) is 14.4 Å². The fraction of sp³-hybridized carbons (Fsp3) is 0.261. The molecule has 0 saturated carbocycles. The summed E-state index contributed by atoms with van der Waals surface area (Å²) in [4.78, 5) is 41.5. The molecule has 0 spiro atoms. The number of fused-ring (bicyclic) bond motifs is 2. The third-order valence-corrected chi connectivity index (χ3v) is 5.32. The summed E-state index contributed by atoms with van der Waals surface area (Å²) in [7, 11) is 0. The SMILES string of the molecule is Cc1ccc2cc(CCC(=O)NCC(=O)N3CCc4ccccc43)c(=O)[nH]c2c1. The van der Waals surface area contributed by atoms with E-state index in [1.54, 1.807) is 4.90 Å². The van der Waals surface area contributed by atoms with Gasteiger partial charge in [0.15, 0.2) is 0 Å². The first-order chi connectivity index (χ1) is 14.0. The third kappa shape index (κ3) is 4.06. The summed E-state index contributed by atoms with van der Waals surface area (Å²) >= 11 is 0. The van der Waals surface area contributed by atoms with Crippen LogP contribution in [0.5, 0.6) is 0 Å². The second kappa shape index (κ2) is 7.91. The van der Waals surface area contributed by atoms with E-state index in [1.165, 1.54) is 0 Å². The zero-order chi connectivity index (χ0) is 20.4. The van der Waals surface area contributed by atoms with Gasteiger partial charge in [0, 0.05) is 29.7 Å². The molecule has 1 aliphatic heterocycles. The van der Waals surface area contributed by atoms with Crippen LogP contribution < -0.4 is 15.8 Å². The zero-order valence-electron chi connectivity index (χ0n) is 16.3. The largest absolute Gasteiger partial charge is 0.347 e. The molecule has 2 aromatic carbocycles. The number of aryl methyl sites for hydroxylation is 2. The molecule has 1 aliphatic rings. The van der Waals surface area contributed by atoms with Crippen LogP contribution in [0.25, 0.3) is 10.9 Å². The Kier molecular flexibility index (Phi) is 5.16. The summed E-state index contributed by atoms with van der Waals surface area (Å²) in [6.45, 7) is 2.57. The highest BCUT2D eigenvalue weighted by Gasteiger charge is 2.24. The van der Waals surface area contributed by atoms with Crippen molar-refractivity contribution < 1.29 is 9.59 Å². The van der Waals surface area contributed by atoms with E-state index in [4.69, 9.17) is 0 Å². The smallest absolute Gasteiger partial charge is 0.251 e. The van der Waals surface area contributed by atoms with Crippen molar-refractivity contribution in [1.29, 1.82) is 0 Å². The molecular weight excluding hydrogens is 366 g/mol. The van der Waals surface area contributed by atoms with Crippen LogP contribution >= 0.6 is 0 Å². The van der Waals surface area contributed by atoms with Gasteiger partial charge in [0.2, 0.25) is 11.8 Å². The number of rotatable bonds is 5. The average Bonchev–Trinajstić information content (AvgIpc) is 3.14. The highest BCUT2D eigenvalue weighted by Crippen LogP contribution is 2.27. The number of aromatic nitrogens is 1. The maximum Gasteiger partial charge on any atom is 0.251 e. The summed E-state index contributed by atoms with van der Waals surface area (Å²) < 4.78 is 0. The highest BCUT2D eigenvalue weighted by atomic mass is 16.2. The Bertz CT molecular complexity index is 1150. The molecule has 6 nitrogen and oxygen atoms in total. The van der Waals surface area contributed by atoms with Crippen LogP contribution in [0.2, 0.25) is 0 Å². The number of aromatic amines is 1. The van der Waals surface area contributed by atoms with Crippen LogP contribution in [0.3, 0.4) is 0 Å². The second-order valence-electron chi connectivity index (χ2n) is 7.42. The van der Waals surface area contributed by atoms with E-state index >= 15 is 0 Å². The van der Waals surface area contributed by atoms with E-state index in [2.05, 4.69) is 10.3 Å². The maximum atomic E-state index is 12.5. The summed E-state index contributed by atoms with van der Waals surface area (Å²) in [5, 5.41) is 3.62. The fourth-order valence-corrected chi connectivity index (χ4v) is 3.75. The minimum atomic E-state index is -0.241. The number of pyridine rings is 1. The number of hydrogen-bond acceptors (Lipinski definition) is 3. The molecule has 0 saturated heterocycles. The summed E-state index contributed by atoms with van der Waals surface area (Å²) in [6.07, 6.45) is 1.32. The molecule has 0 unspecified atom stereocenters. The molecule has 6 heteroatoms. The molecule has 4 rings (SSSR count). The van der Waals surface area contributed by atoms with Crippen molar-refractivity contribution in [3.63, 3.8) is 0 Å². The molecular formula is C23H23N3O3. The number of benzene rings is 2. The lowest BCUT2D eigenvalue weighted by Crippen LogP contribution is -2.39. The van der Waals surface area contributed by atoms with E-state index in [0.29, 0.717) is 18.5 Å². The number of H-pyrrole nitrogens is 1. The van der Waals surface area contributed by atoms with Gasteiger partial charge < -0.3 is 15.2 Å². The molecule has 0 bridgehead atoms. The lowest BCUT2D eigenvalue weighted by atomic mass is 10.1. The zero-order valence-corrected chi connectivity index (χ0v) is 16.3. The molecule has 29 heavy (non-hydrogen) atoms. The predicted octanol–water partition coefficient (Wildman–Crippen LogP) is 2.47. The van der Waals surface area contributed by atoms with Crippen molar-refractivity contribution in [2.45, 2.75) is 26.2 Å². The predicted molar refractivity (Wildman–Crippen MR) is 113 cm³/mol. The molecule has 0 atom stereocenters. The summed E-state index contributed by atoms with van der Waals surface area (Å²) in [5.41, 5.74) is 4.32. The lowest BCUT2D eigenvalue weighted by molar-refractivity contribution is -0.124. The van der Waals surface area contributed by atoms with Gasteiger partial charge in [-0.2, -0.15) is 0 Å². The normalized spacial score (nSPS) is 12.8. The Hall–Kier alpha value is -3.41. The first kappa shape index (κ1) is 18.9. The van der Waals surface area contributed by atoms with Gasteiger partial charge in [0.1, 0.15) is 0 Å². The highest BCUT2D eigenvalue weighted by molar-refractivity contribution is 5.98. The molecule has 2 N–H and O–H groups in total. The van der Waals surface area contributed by atoms with Gasteiger partial charge in [-0.05, 0) is 54.5 Å². The molecule has 148 valence electrons. The minimum Gasteiger partial charge on any atom is -0.347 e. The van der Waals surface area contributed by atoms with Crippen LogP contribution in [-0.4, -0.2) is 29.9 Å². The topological polar surface area (TPSA) is 82.3 Å². The maximum absolute atomic E-state index is 12.5. The molecule has 2 heterocycles. The fourth-order valence-electron chi connectivity index (χ4n) is 3.75. The number of carbonyl (C=O) groups is 2. The number of nitrogens with one attached hydrogen (secondary N) is 2. The summed E-state index contributed by atoms with van der Waals surface area (Å²) in [5.74, 6) is -0.364. The first-order valence-corrected chi connectivity index (χ1v) is 9.79. The van der Waals surface area contributed by atoms with Crippen LogP contribution in [0.15, 0.2) is 53.3 Å². The molecule has 3 aromatic rings. The Morgan fingerprint density at radius 2 is 1.97 bits per heavy atom. The molecule has 0 fully saturated rings. The second-order valence-corrected chi connectivity index (χ2v) is 7.42. The van der Waals surface area contributed by atoms with Crippen molar-refractivity contribution in [3.8, 4) is 0 Å². The number of nitrogens with zero attached hydrogens (tertiary/aromatic N) is 1. The number of amides is 2. The van der Waals surface area contributed by atoms with Gasteiger partial charge in [-0.15, -0.1) is 0 Å². The molecule has 2 amide bonds. The molecule has 0 radical (unpaired) electrons. The van der Waals surface area contributed by atoms with Gasteiger partial charge in [0.25, 0.3) is 5.56 Å². The van der Waals surface area contributed by atoms with Crippen LogP contribution in [-0.2, 0) is 22.4 Å². The van der Waals surface area contributed by atoms with Crippen molar-refractivity contribution in [2.75, 3.05) is 18.0 Å². The molecule has 0 aliphatic carbocycles. The number of hydrogen-bond donors (Lipinski definition) is 2. The van der Waals surface area contributed by atoms with Gasteiger partial charge >= 0.3 is 0 Å². The third-order valence-electron chi connectivity index (χ3n) is 5.32. The molecule has 1 aromatic heterocycles. The van der Waals surface area contributed by atoms with Gasteiger partial charge in [0.05, 0.1) is 6.54 Å². The number of anilines is 1. The van der Waals surface area contributed by atoms with Crippen LogP contribution in [0, 0.1) is 6.92 Å². The van der Waals surface area contributed by atoms with Crippen LogP contribution in [0.1, 0.15) is 23.1 Å². The number of para-hydroxylation sites is 1.